The van der Waals surface area contributed by atoms with Crippen LogP contribution in [0, 0.1) is 0 Å². The molecule has 0 aliphatic heterocycles. The predicted octanol–water partition coefficient (Wildman–Crippen LogP) is 13.9. The minimum Gasteiger partial charge on any atom is -0.456 e. The van der Waals surface area contributed by atoms with Crippen LogP contribution in [0.1, 0.15) is 0 Å². The topological polar surface area (TPSA) is 16.4 Å². The van der Waals surface area contributed by atoms with Crippen LogP contribution < -0.4 is 4.90 Å². The minimum absolute atomic E-state index is 0.876. The van der Waals surface area contributed by atoms with E-state index in [4.69, 9.17) is 4.42 Å². The lowest BCUT2D eigenvalue weighted by molar-refractivity contribution is 0.669. The highest BCUT2D eigenvalue weighted by atomic mass is 32.1. The van der Waals surface area contributed by atoms with Gasteiger partial charge in [-0.25, -0.2) is 0 Å². The Balaban J connectivity index is 1.12. The molecule has 0 spiro atoms. The molecule has 0 fully saturated rings. The van der Waals surface area contributed by atoms with E-state index in [1.165, 1.54) is 53.2 Å². The maximum atomic E-state index is 6.37. The van der Waals surface area contributed by atoms with Gasteiger partial charge >= 0.3 is 0 Å². The average molecular weight is 644 g/mol. The van der Waals surface area contributed by atoms with Gasteiger partial charge in [0.05, 0.1) is 5.69 Å². The standard InChI is InChI=1S/C46H29NOS/c1-2-10-31(11-3-1)36-12-4-7-15-41(36)47(35-25-26-38-37-13-5-8-16-42(37)48-43(38)29-35)34-23-20-30(21-24-34)33-19-18-32-22-27-45-46(40(32)28-33)39-14-6-9-17-44(39)49-45/h1-29H. The maximum Gasteiger partial charge on any atom is 0.137 e. The average Bonchev–Trinajstić information content (AvgIpc) is 3.74. The van der Waals surface area contributed by atoms with Gasteiger partial charge in [0, 0.05) is 53.9 Å². The van der Waals surface area contributed by atoms with Crippen molar-refractivity contribution in [1.82, 2.24) is 0 Å². The van der Waals surface area contributed by atoms with Crippen LogP contribution in [0.5, 0.6) is 0 Å². The molecular formula is C46H29NOS. The van der Waals surface area contributed by atoms with Crippen LogP contribution in [0.2, 0.25) is 0 Å². The zero-order chi connectivity index (χ0) is 32.3. The van der Waals surface area contributed by atoms with E-state index >= 15 is 0 Å². The van der Waals surface area contributed by atoms with Crippen molar-refractivity contribution in [3.8, 4) is 22.3 Å². The summed E-state index contributed by atoms with van der Waals surface area (Å²) in [5, 5.41) is 7.49. The van der Waals surface area contributed by atoms with Crippen LogP contribution in [0.15, 0.2) is 180 Å². The van der Waals surface area contributed by atoms with E-state index in [9.17, 15) is 0 Å². The van der Waals surface area contributed by atoms with Crippen molar-refractivity contribution in [3.63, 3.8) is 0 Å². The summed E-state index contributed by atoms with van der Waals surface area (Å²) < 4.78 is 9.03. The Bertz CT molecular complexity index is 2830. The second-order valence-electron chi connectivity index (χ2n) is 12.5. The molecule has 2 aromatic heterocycles. The first-order valence-electron chi connectivity index (χ1n) is 16.6. The fourth-order valence-corrected chi connectivity index (χ4v) is 8.46. The number of hydrogen-bond acceptors (Lipinski definition) is 3. The molecule has 0 amide bonds. The summed E-state index contributed by atoms with van der Waals surface area (Å²) in [7, 11) is 0. The summed E-state index contributed by atoms with van der Waals surface area (Å²) in [6.45, 7) is 0. The number of fused-ring (bicyclic) bond motifs is 8. The molecular weight excluding hydrogens is 615 g/mol. The number of hydrogen-bond donors (Lipinski definition) is 0. The molecule has 0 bridgehead atoms. The molecule has 0 radical (unpaired) electrons. The third-order valence-electron chi connectivity index (χ3n) is 9.67. The van der Waals surface area contributed by atoms with Gasteiger partial charge in [0.15, 0.2) is 0 Å². The van der Waals surface area contributed by atoms with Gasteiger partial charge in [0.2, 0.25) is 0 Å². The Morgan fingerprint density at radius 1 is 0.408 bits per heavy atom. The van der Waals surface area contributed by atoms with Gasteiger partial charge in [-0.05, 0) is 82.1 Å². The maximum absolute atomic E-state index is 6.37. The van der Waals surface area contributed by atoms with Crippen molar-refractivity contribution in [3.05, 3.63) is 176 Å². The second-order valence-corrected chi connectivity index (χ2v) is 13.6. The summed E-state index contributed by atoms with van der Waals surface area (Å²) in [6, 6.07) is 63.2. The molecule has 0 saturated heterocycles. The van der Waals surface area contributed by atoms with Gasteiger partial charge < -0.3 is 9.32 Å². The number of nitrogens with zero attached hydrogens (tertiary/aromatic N) is 1. The molecule has 0 N–H and O–H groups in total. The first-order valence-corrected chi connectivity index (χ1v) is 17.4. The Kier molecular flexibility index (Phi) is 6.39. The van der Waals surface area contributed by atoms with Crippen LogP contribution in [0.4, 0.5) is 17.1 Å². The third kappa shape index (κ3) is 4.62. The Hall–Kier alpha value is -6.16. The zero-order valence-corrected chi connectivity index (χ0v) is 27.3. The van der Waals surface area contributed by atoms with Crippen molar-refractivity contribution in [2.75, 3.05) is 4.90 Å². The molecule has 10 rings (SSSR count). The normalized spacial score (nSPS) is 11.7. The predicted molar refractivity (Wildman–Crippen MR) is 210 cm³/mol. The lowest BCUT2D eigenvalue weighted by Gasteiger charge is -2.28. The molecule has 0 saturated carbocycles. The number of benzene rings is 8. The summed E-state index contributed by atoms with van der Waals surface area (Å²) in [5.74, 6) is 0. The van der Waals surface area contributed by atoms with Crippen molar-refractivity contribution in [2.45, 2.75) is 0 Å². The highest BCUT2D eigenvalue weighted by molar-refractivity contribution is 7.26. The first kappa shape index (κ1) is 27.9. The molecule has 8 aromatic carbocycles. The number of furan rings is 1. The molecule has 230 valence electrons. The van der Waals surface area contributed by atoms with E-state index in [1.54, 1.807) is 0 Å². The summed E-state index contributed by atoms with van der Waals surface area (Å²) >= 11 is 1.87. The number of anilines is 3. The quantitative estimate of drug-likeness (QED) is 0.186. The molecule has 0 atom stereocenters. The van der Waals surface area contributed by atoms with Crippen LogP contribution in [-0.2, 0) is 0 Å². The van der Waals surface area contributed by atoms with E-state index in [-0.39, 0.29) is 0 Å². The van der Waals surface area contributed by atoms with Crippen molar-refractivity contribution >= 4 is 81.3 Å². The van der Waals surface area contributed by atoms with E-state index in [0.29, 0.717) is 0 Å². The monoisotopic (exact) mass is 643 g/mol. The van der Waals surface area contributed by atoms with E-state index in [0.717, 1.165) is 39.0 Å². The number of thiophene rings is 1. The fraction of sp³-hybridized carbons (Fsp3) is 0. The summed E-state index contributed by atoms with van der Waals surface area (Å²) in [6.07, 6.45) is 0. The molecule has 10 aromatic rings. The van der Waals surface area contributed by atoms with Gasteiger partial charge in [-0.2, -0.15) is 0 Å². The van der Waals surface area contributed by atoms with Crippen LogP contribution in [0.3, 0.4) is 0 Å². The molecule has 2 heterocycles. The van der Waals surface area contributed by atoms with E-state index < -0.39 is 0 Å². The highest BCUT2D eigenvalue weighted by Crippen LogP contribution is 2.44. The van der Waals surface area contributed by atoms with Crippen molar-refractivity contribution in [2.24, 2.45) is 0 Å². The number of rotatable bonds is 5. The van der Waals surface area contributed by atoms with Crippen molar-refractivity contribution in [1.29, 1.82) is 0 Å². The van der Waals surface area contributed by atoms with Gasteiger partial charge in [0.1, 0.15) is 11.2 Å². The molecule has 0 aliphatic carbocycles. The molecule has 2 nitrogen and oxygen atoms in total. The number of para-hydroxylation sites is 2. The Morgan fingerprint density at radius 2 is 1.10 bits per heavy atom. The zero-order valence-electron chi connectivity index (χ0n) is 26.5. The molecule has 3 heteroatoms. The summed E-state index contributed by atoms with van der Waals surface area (Å²) in [4.78, 5) is 2.35. The van der Waals surface area contributed by atoms with Gasteiger partial charge in [-0.3, -0.25) is 0 Å². The Labute approximate surface area is 287 Å². The highest BCUT2D eigenvalue weighted by Gasteiger charge is 2.19. The molecule has 0 aliphatic rings. The van der Waals surface area contributed by atoms with Crippen LogP contribution in [0.25, 0.3) is 75.1 Å². The van der Waals surface area contributed by atoms with Crippen LogP contribution in [-0.4, -0.2) is 0 Å². The SMILES string of the molecule is c1ccc(-c2ccccc2N(c2ccc(-c3ccc4ccc5sc6ccccc6c5c4c3)cc2)c2ccc3c(c2)oc2ccccc23)cc1. The Morgan fingerprint density at radius 3 is 2.00 bits per heavy atom. The fourth-order valence-electron chi connectivity index (χ4n) is 7.34. The third-order valence-corrected chi connectivity index (χ3v) is 10.8. The first-order chi connectivity index (χ1) is 24.3. The van der Waals surface area contributed by atoms with Gasteiger partial charge in [-0.15, -0.1) is 11.3 Å². The summed E-state index contributed by atoms with van der Waals surface area (Å²) in [5.41, 5.74) is 9.74. The smallest absolute Gasteiger partial charge is 0.137 e. The van der Waals surface area contributed by atoms with Crippen LogP contribution >= 0.6 is 11.3 Å². The molecule has 49 heavy (non-hydrogen) atoms. The lowest BCUT2D eigenvalue weighted by Crippen LogP contribution is -2.11. The van der Waals surface area contributed by atoms with Gasteiger partial charge in [0.25, 0.3) is 0 Å². The van der Waals surface area contributed by atoms with E-state index in [1.807, 2.05) is 23.5 Å². The lowest BCUT2D eigenvalue weighted by atomic mass is 9.97. The second kappa shape index (κ2) is 11.2. The van der Waals surface area contributed by atoms with Gasteiger partial charge in [-0.1, -0.05) is 115 Å². The minimum atomic E-state index is 0.876. The van der Waals surface area contributed by atoms with E-state index in [2.05, 4.69) is 169 Å². The van der Waals surface area contributed by atoms with Crippen molar-refractivity contribution < 1.29 is 4.42 Å². The largest absolute Gasteiger partial charge is 0.456 e. The molecule has 0 unspecified atom stereocenters.